The van der Waals surface area contributed by atoms with Crippen LogP contribution in [0.2, 0.25) is 0 Å². The molecule has 40 heavy (non-hydrogen) atoms. The van der Waals surface area contributed by atoms with Crippen molar-refractivity contribution in [3.63, 3.8) is 0 Å². The molecule has 0 aliphatic carbocycles. The van der Waals surface area contributed by atoms with Crippen molar-refractivity contribution >= 4 is 61.0 Å². The molecule has 4 heterocycles. The molecule has 194 valence electrons. The Bertz CT molecular complexity index is 2080. The molecule has 1 N–H and O–H groups in total. The Labute approximate surface area is 236 Å². The number of nitrogens with one attached hydrogen (secondary N) is 1. The molecule has 0 saturated carbocycles. The molecule has 6 heteroatoms. The summed E-state index contributed by atoms with van der Waals surface area (Å²) in [5.74, 6) is 0. The van der Waals surface area contributed by atoms with Gasteiger partial charge in [-0.25, -0.2) is 4.57 Å². The number of benzene rings is 4. The lowest BCUT2D eigenvalue weighted by molar-refractivity contribution is -0.647. The lowest BCUT2D eigenvalue weighted by atomic mass is 9.99. The lowest BCUT2D eigenvalue weighted by Gasteiger charge is -2.39. The van der Waals surface area contributed by atoms with E-state index in [-0.39, 0.29) is 0 Å². The van der Waals surface area contributed by atoms with Crippen molar-refractivity contribution in [1.29, 1.82) is 0 Å². The Balaban J connectivity index is 1.34. The van der Waals surface area contributed by atoms with Gasteiger partial charge in [-0.05, 0) is 70.6 Å². The van der Waals surface area contributed by atoms with Gasteiger partial charge in [0.05, 0.1) is 48.6 Å². The Hall–Kier alpha value is -4.81. The van der Waals surface area contributed by atoms with E-state index in [1.807, 2.05) is 6.33 Å². The minimum absolute atomic E-state index is 1.15. The van der Waals surface area contributed by atoms with E-state index >= 15 is 0 Å². The number of hydrogen-bond donors (Lipinski definition) is 1. The van der Waals surface area contributed by atoms with Gasteiger partial charge < -0.3 is 9.80 Å². The Morgan fingerprint density at radius 1 is 0.725 bits per heavy atom. The zero-order chi connectivity index (χ0) is 27.0. The largest absolute Gasteiger partial charge is 0.341 e. The number of fused-ring (bicyclic) bond motifs is 4. The van der Waals surface area contributed by atoms with Crippen molar-refractivity contribution in [3.8, 4) is 22.3 Å². The van der Waals surface area contributed by atoms with Crippen LogP contribution in [-0.2, 0) is 14.1 Å². The molecule has 0 bridgehead atoms. The Morgan fingerprint density at radius 2 is 1.52 bits per heavy atom. The molecule has 0 unspecified atom stereocenters. The van der Waals surface area contributed by atoms with Gasteiger partial charge in [0.25, 0.3) is 5.65 Å². The second-order valence-electron chi connectivity index (χ2n) is 10.5. The molecule has 0 radical (unpaired) electrons. The van der Waals surface area contributed by atoms with Crippen LogP contribution in [0.25, 0.3) is 43.5 Å². The number of thiophene rings is 1. The van der Waals surface area contributed by atoms with Crippen LogP contribution in [0.1, 0.15) is 0 Å². The average molecular weight is 539 g/mol. The van der Waals surface area contributed by atoms with Crippen molar-refractivity contribution in [2.24, 2.45) is 14.1 Å². The molecular weight excluding hydrogens is 510 g/mol. The van der Waals surface area contributed by atoms with Crippen molar-refractivity contribution in [2.45, 2.75) is 0 Å². The van der Waals surface area contributed by atoms with E-state index < -0.39 is 0 Å². The van der Waals surface area contributed by atoms with E-state index in [0.717, 1.165) is 16.9 Å². The number of aromatic amines is 1. The summed E-state index contributed by atoms with van der Waals surface area (Å²) in [5, 5.41) is 3.48. The zero-order valence-corrected chi connectivity index (χ0v) is 23.4. The number of hydrogen-bond acceptors (Lipinski definition) is 3. The highest BCUT2D eigenvalue weighted by Gasteiger charge is 2.29. The third-order valence-electron chi connectivity index (χ3n) is 8.17. The fourth-order valence-corrected chi connectivity index (χ4v) is 7.12. The first-order chi connectivity index (χ1) is 19.6. The second kappa shape index (κ2) is 8.60. The molecule has 8 rings (SSSR count). The van der Waals surface area contributed by atoms with Gasteiger partial charge in [0, 0.05) is 22.8 Å². The smallest absolute Gasteiger partial charge is 0.268 e. The summed E-state index contributed by atoms with van der Waals surface area (Å²) < 4.78 is 5.64. The van der Waals surface area contributed by atoms with Gasteiger partial charge in [-0.2, -0.15) is 0 Å². The molecule has 5 nitrogen and oxygen atoms in total. The number of rotatable bonds is 3. The van der Waals surface area contributed by atoms with Crippen LogP contribution in [0.5, 0.6) is 0 Å². The number of nitrogens with zero attached hydrogens (tertiary/aromatic N) is 4. The number of para-hydroxylation sites is 2. The van der Waals surface area contributed by atoms with E-state index in [4.69, 9.17) is 0 Å². The van der Waals surface area contributed by atoms with Crippen LogP contribution in [0.3, 0.4) is 0 Å². The predicted octanol–water partition coefficient (Wildman–Crippen LogP) is 8.43. The van der Waals surface area contributed by atoms with Crippen LogP contribution < -0.4 is 14.4 Å². The summed E-state index contributed by atoms with van der Waals surface area (Å²) >= 11 is 1.79. The van der Waals surface area contributed by atoms with Gasteiger partial charge in [0.2, 0.25) is 0 Å². The molecule has 3 aromatic heterocycles. The molecule has 0 atom stereocenters. The van der Waals surface area contributed by atoms with E-state index in [2.05, 4.69) is 148 Å². The molecule has 0 fully saturated rings. The van der Waals surface area contributed by atoms with Gasteiger partial charge in [-0.3, -0.25) is 9.55 Å². The minimum Gasteiger partial charge on any atom is -0.341 e. The molecule has 1 aliphatic rings. The minimum atomic E-state index is 1.15. The molecule has 4 aromatic carbocycles. The van der Waals surface area contributed by atoms with Crippen LogP contribution in [-0.4, -0.2) is 16.6 Å². The standard InChI is InChI=1S/C34H27N5S/c1-36-20-27(33-34(36)37(2)21-35-33)23-14-15-29-31(19-23)39(30-12-5-4-11-28(30)38(29)3)24-9-6-8-22(18-24)25-10-7-13-32-26(25)16-17-40-32/h4-21H,1-3H3/p+1. The molecule has 0 spiro atoms. The monoisotopic (exact) mass is 538 g/mol. The van der Waals surface area contributed by atoms with Gasteiger partial charge in [-0.1, -0.05) is 42.5 Å². The Kier molecular flexibility index (Phi) is 4.97. The van der Waals surface area contributed by atoms with Crippen LogP contribution in [0.4, 0.5) is 28.4 Å². The number of anilines is 5. The lowest BCUT2D eigenvalue weighted by Crippen LogP contribution is -2.26. The highest BCUT2D eigenvalue weighted by molar-refractivity contribution is 7.17. The van der Waals surface area contributed by atoms with E-state index in [1.54, 1.807) is 11.3 Å². The maximum absolute atomic E-state index is 3.48. The summed E-state index contributed by atoms with van der Waals surface area (Å²) in [7, 11) is 6.34. The van der Waals surface area contributed by atoms with Crippen LogP contribution in [0, 0.1) is 0 Å². The summed E-state index contributed by atoms with van der Waals surface area (Å²) in [6.07, 6.45) is 4.23. The molecule has 0 amide bonds. The van der Waals surface area contributed by atoms with E-state index in [9.17, 15) is 0 Å². The van der Waals surface area contributed by atoms with Gasteiger partial charge in [0.15, 0.2) is 11.8 Å². The quantitative estimate of drug-likeness (QED) is 0.229. The van der Waals surface area contributed by atoms with E-state index in [1.165, 1.54) is 55.0 Å². The maximum Gasteiger partial charge on any atom is 0.268 e. The average Bonchev–Trinajstić information content (AvgIpc) is 3.70. The summed E-state index contributed by atoms with van der Waals surface area (Å²) in [6.45, 7) is 0. The third-order valence-corrected chi connectivity index (χ3v) is 9.05. The summed E-state index contributed by atoms with van der Waals surface area (Å²) in [4.78, 5) is 8.20. The molecule has 0 saturated heterocycles. The van der Waals surface area contributed by atoms with Crippen molar-refractivity contribution < 1.29 is 4.57 Å². The van der Waals surface area contributed by atoms with Gasteiger partial charge in [-0.15, -0.1) is 11.3 Å². The van der Waals surface area contributed by atoms with Gasteiger partial charge >= 0.3 is 0 Å². The highest BCUT2D eigenvalue weighted by atomic mass is 32.1. The number of imidazole rings is 1. The second-order valence-corrected chi connectivity index (χ2v) is 11.5. The fraction of sp³-hybridized carbons (Fsp3) is 0.0882. The predicted molar refractivity (Wildman–Crippen MR) is 167 cm³/mol. The first-order valence-corrected chi connectivity index (χ1v) is 14.3. The fourth-order valence-electron chi connectivity index (χ4n) is 6.31. The van der Waals surface area contributed by atoms with Crippen molar-refractivity contribution in [3.05, 3.63) is 109 Å². The molecular formula is C34H28N5S+. The van der Waals surface area contributed by atoms with Crippen LogP contribution >= 0.6 is 11.3 Å². The zero-order valence-electron chi connectivity index (χ0n) is 22.6. The highest BCUT2D eigenvalue weighted by Crippen LogP contribution is 2.52. The summed E-state index contributed by atoms with van der Waals surface area (Å²) in [6, 6.07) is 33.3. The Morgan fingerprint density at radius 3 is 2.42 bits per heavy atom. The summed E-state index contributed by atoms with van der Waals surface area (Å²) in [5.41, 5.74) is 13.0. The van der Waals surface area contributed by atoms with E-state index in [0.29, 0.717) is 0 Å². The van der Waals surface area contributed by atoms with Crippen LogP contribution in [0.15, 0.2) is 109 Å². The normalized spacial score (nSPS) is 12.8. The van der Waals surface area contributed by atoms with Crippen molar-refractivity contribution in [2.75, 3.05) is 16.8 Å². The first kappa shape index (κ1) is 23.1. The third kappa shape index (κ3) is 3.29. The molecule has 7 aromatic rings. The number of aromatic nitrogens is 3. The van der Waals surface area contributed by atoms with Crippen molar-refractivity contribution in [1.82, 2.24) is 9.55 Å². The number of H-pyrrole nitrogens is 1. The number of aryl methyl sites for hydroxylation is 2. The SMILES string of the molecule is CN1c2ccccc2N(c2cccc(-c3cccc4sccc34)c2)c2cc(-c3cn(C)c4c3[nH]c[n+]4C)ccc21. The molecule has 1 aliphatic heterocycles. The first-order valence-electron chi connectivity index (χ1n) is 13.4. The van der Waals surface area contributed by atoms with Gasteiger partial charge in [0.1, 0.15) is 0 Å². The topological polar surface area (TPSA) is 31.1 Å². The maximum atomic E-state index is 3.48.